The van der Waals surface area contributed by atoms with Gasteiger partial charge in [0.2, 0.25) is 0 Å². The predicted molar refractivity (Wildman–Crippen MR) is 61.3 cm³/mol. The first-order valence-corrected chi connectivity index (χ1v) is 5.00. The summed E-state index contributed by atoms with van der Waals surface area (Å²) in [5.74, 6) is 0. The van der Waals surface area contributed by atoms with E-state index in [0.29, 0.717) is 6.54 Å². The molecule has 0 unspecified atom stereocenters. The fourth-order valence-corrected chi connectivity index (χ4v) is 1.64. The van der Waals surface area contributed by atoms with E-state index in [1.54, 1.807) is 4.68 Å². The second kappa shape index (κ2) is 3.87. The van der Waals surface area contributed by atoms with E-state index in [-0.39, 0.29) is 0 Å². The van der Waals surface area contributed by atoms with Gasteiger partial charge < -0.3 is 5.73 Å². The molecule has 2 N–H and O–H groups in total. The third-order valence-electron chi connectivity index (χ3n) is 2.45. The average Bonchev–Trinajstić information content (AvgIpc) is 2.61. The predicted octanol–water partition coefficient (Wildman–Crippen LogP) is 1.85. The Hall–Kier alpha value is -1.61. The normalized spacial score (nSPS) is 10.6. The molecule has 2 rings (SSSR count). The first-order valence-electron chi connectivity index (χ1n) is 5.00. The van der Waals surface area contributed by atoms with Crippen molar-refractivity contribution in [3.8, 4) is 11.3 Å². The number of nitrogens with two attached hydrogens (primary N) is 1. The molecule has 0 bridgehead atoms. The van der Waals surface area contributed by atoms with Crippen LogP contribution in [0.3, 0.4) is 0 Å². The van der Waals surface area contributed by atoms with Crippen molar-refractivity contribution in [3.63, 3.8) is 0 Å². The van der Waals surface area contributed by atoms with Crippen LogP contribution < -0.4 is 5.73 Å². The Balaban J connectivity index is 2.48. The third kappa shape index (κ3) is 1.92. The van der Waals surface area contributed by atoms with Gasteiger partial charge in [0.25, 0.3) is 0 Å². The summed E-state index contributed by atoms with van der Waals surface area (Å²) in [6, 6.07) is 8.34. The van der Waals surface area contributed by atoms with Crippen LogP contribution in [-0.2, 0) is 13.6 Å². The summed E-state index contributed by atoms with van der Waals surface area (Å²) in [5.41, 5.74) is 10.1. The summed E-state index contributed by atoms with van der Waals surface area (Å²) >= 11 is 0. The number of rotatable bonds is 2. The topological polar surface area (TPSA) is 43.8 Å². The lowest BCUT2D eigenvalue weighted by molar-refractivity contribution is 0.769. The van der Waals surface area contributed by atoms with Crippen LogP contribution in [0.25, 0.3) is 11.3 Å². The second-order valence-corrected chi connectivity index (χ2v) is 3.75. The van der Waals surface area contributed by atoms with Crippen molar-refractivity contribution in [3.05, 3.63) is 41.6 Å². The smallest absolute Gasteiger partial charge is 0.0967 e. The summed E-state index contributed by atoms with van der Waals surface area (Å²) in [6.07, 6.45) is 1.97. The van der Waals surface area contributed by atoms with E-state index in [1.807, 2.05) is 13.2 Å². The molecule has 0 aliphatic heterocycles. The van der Waals surface area contributed by atoms with Gasteiger partial charge in [-0.05, 0) is 6.92 Å². The summed E-state index contributed by atoms with van der Waals surface area (Å²) in [5, 5.41) is 4.42. The molecule has 3 nitrogen and oxygen atoms in total. The lowest BCUT2D eigenvalue weighted by Crippen LogP contribution is -1.96. The monoisotopic (exact) mass is 201 g/mol. The maximum absolute atomic E-state index is 5.68. The van der Waals surface area contributed by atoms with Gasteiger partial charge in [-0.1, -0.05) is 29.8 Å². The molecule has 0 saturated heterocycles. The van der Waals surface area contributed by atoms with Gasteiger partial charge in [0.05, 0.1) is 5.69 Å². The van der Waals surface area contributed by atoms with Crippen LogP contribution in [0.4, 0.5) is 0 Å². The number of benzene rings is 1. The third-order valence-corrected chi connectivity index (χ3v) is 2.45. The second-order valence-electron chi connectivity index (χ2n) is 3.75. The van der Waals surface area contributed by atoms with E-state index in [1.165, 1.54) is 5.56 Å². The van der Waals surface area contributed by atoms with Crippen molar-refractivity contribution < 1.29 is 0 Å². The quantitative estimate of drug-likeness (QED) is 0.806. The Morgan fingerprint density at radius 3 is 2.53 bits per heavy atom. The molecule has 1 aromatic carbocycles. The Kier molecular flexibility index (Phi) is 2.56. The lowest BCUT2D eigenvalue weighted by Gasteiger charge is -2.00. The summed E-state index contributed by atoms with van der Waals surface area (Å²) in [7, 11) is 1.91. The van der Waals surface area contributed by atoms with Gasteiger partial charge in [0, 0.05) is 30.9 Å². The number of aryl methyl sites for hydroxylation is 2. The Bertz CT molecular complexity index is 454. The fraction of sp³-hybridized carbons (Fsp3) is 0.250. The minimum atomic E-state index is 0.525. The Morgan fingerprint density at radius 2 is 1.93 bits per heavy atom. The van der Waals surface area contributed by atoms with Gasteiger partial charge in [-0.15, -0.1) is 0 Å². The van der Waals surface area contributed by atoms with Crippen molar-refractivity contribution in [1.29, 1.82) is 0 Å². The van der Waals surface area contributed by atoms with Crippen LogP contribution in [0.1, 0.15) is 11.1 Å². The molecule has 0 radical (unpaired) electrons. The lowest BCUT2D eigenvalue weighted by atomic mass is 10.1. The minimum absolute atomic E-state index is 0.525. The summed E-state index contributed by atoms with van der Waals surface area (Å²) in [6.45, 7) is 2.60. The van der Waals surface area contributed by atoms with E-state index < -0.39 is 0 Å². The highest BCUT2D eigenvalue weighted by atomic mass is 15.3. The van der Waals surface area contributed by atoms with Crippen LogP contribution in [-0.4, -0.2) is 9.78 Å². The number of hydrogen-bond acceptors (Lipinski definition) is 2. The first-order chi connectivity index (χ1) is 7.20. The molecule has 15 heavy (non-hydrogen) atoms. The molecule has 1 aromatic heterocycles. The highest BCUT2D eigenvalue weighted by molar-refractivity contribution is 5.62. The molecule has 78 valence electrons. The maximum atomic E-state index is 5.68. The molecule has 0 spiro atoms. The van der Waals surface area contributed by atoms with Gasteiger partial charge in [-0.3, -0.25) is 4.68 Å². The van der Waals surface area contributed by atoms with Gasteiger partial charge in [0.15, 0.2) is 0 Å². The molecule has 2 aromatic rings. The minimum Gasteiger partial charge on any atom is -0.326 e. The molecule has 0 atom stereocenters. The molecule has 3 heteroatoms. The molecule has 0 fully saturated rings. The van der Waals surface area contributed by atoms with Crippen LogP contribution in [0.5, 0.6) is 0 Å². The van der Waals surface area contributed by atoms with E-state index in [2.05, 4.69) is 36.3 Å². The molecular weight excluding hydrogens is 186 g/mol. The van der Waals surface area contributed by atoms with E-state index in [0.717, 1.165) is 16.8 Å². The van der Waals surface area contributed by atoms with Crippen LogP contribution >= 0.6 is 0 Å². The molecule has 1 heterocycles. The van der Waals surface area contributed by atoms with Gasteiger partial charge in [-0.2, -0.15) is 5.10 Å². The van der Waals surface area contributed by atoms with Crippen LogP contribution in [0, 0.1) is 6.92 Å². The van der Waals surface area contributed by atoms with Crippen LogP contribution in [0.2, 0.25) is 0 Å². The zero-order valence-electron chi connectivity index (χ0n) is 9.07. The van der Waals surface area contributed by atoms with Gasteiger partial charge in [0.1, 0.15) is 0 Å². The van der Waals surface area contributed by atoms with Crippen molar-refractivity contribution in [1.82, 2.24) is 9.78 Å². The molecular formula is C12H15N3. The molecule has 0 aliphatic rings. The van der Waals surface area contributed by atoms with E-state index >= 15 is 0 Å². The Morgan fingerprint density at radius 1 is 1.27 bits per heavy atom. The maximum Gasteiger partial charge on any atom is 0.0967 e. The zero-order valence-corrected chi connectivity index (χ0v) is 9.07. The molecule has 0 aliphatic carbocycles. The fourth-order valence-electron chi connectivity index (χ4n) is 1.64. The largest absolute Gasteiger partial charge is 0.326 e. The van der Waals surface area contributed by atoms with Crippen molar-refractivity contribution in [2.24, 2.45) is 12.8 Å². The van der Waals surface area contributed by atoms with E-state index in [9.17, 15) is 0 Å². The van der Waals surface area contributed by atoms with Crippen molar-refractivity contribution in [2.75, 3.05) is 0 Å². The zero-order chi connectivity index (χ0) is 10.8. The van der Waals surface area contributed by atoms with Crippen molar-refractivity contribution >= 4 is 0 Å². The SMILES string of the molecule is Cc1ccc(-c2nn(C)cc2CN)cc1. The highest BCUT2D eigenvalue weighted by Crippen LogP contribution is 2.21. The standard InChI is InChI=1S/C12H15N3/c1-9-3-5-10(6-4-9)12-11(7-13)8-15(2)14-12/h3-6,8H,7,13H2,1-2H3. The Labute approximate surface area is 89.5 Å². The van der Waals surface area contributed by atoms with Gasteiger partial charge >= 0.3 is 0 Å². The van der Waals surface area contributed by atoms with E-state index in [4.69, 9.17) is 5.73 Å². The summed E-state index contributed by atoms with van der Waals surface area (Å²) in [4.78, 5) is 0. The molecule has 0 amide bonds. The first kappa shape index (κ1) is 9.93. The number of hydrogen-bond donors (Lipinski definition) is 1. The molecule has 0 saturated carbocycles. The highest BCUT2D eigenvalue weighted by Gasteiger charge is 2.07. The number of nitrogens with zero attached hydrogens (tertiary/aromatic N) is 2. The summed E-state index contributed by atoms with van der Waals surface area (Å²) < 4.78 is 1.80. The van der Waals surface area contributed by atoms with Crippen molar-refractivity contribution in [2.45, 2.75) is 13.5 Å². The number of aromatic nitrogens is 2. The average molecular weight is 201 g/mol. The van der Waals surface area contributed by atoms with Crippen LogP contribution in [0.15, 0.2) is 30.5 Å². The van der Waals surface area contributed by atoms with Gasteiger partial charge in [-0.25, -0.2) is 0 Å².